The maximum absolute atomic E-state index is 13.9. The number of halogens is 2. The quantitative estimate of drug-likeness (QED) is 0.528. The highest BCUT2D eigenvalue weighted by atomic mass is 32.2. The molecular formula is C25H34F2O3S. The van der Waals surface area contributed by atoms with Crippen molar-refractivity contribution in [2.45, 2.75) is 70.2 Å². The van der Waals surface area contributed by atoms with Crippen LogP contribution in [0.5, 0.6) is 0 Å². The molecule has 0 radical (unpaired) electrons. The Balaban J connectivity index is 1.80. The molecule has 3 rings (SSSR count). The van der Waals surface area contributed by atoms with Crippen molar-refractivity contribution in [2.75, 3.05) is 6.26 Å². The molecule has 0 amide bonds. The fourth-order valence-corrected chi connectivity index (χ4v) is 5.76. The van der Waals surface area contributed by atoms with Gasteiger partial charge in [0.25, 0.3) is 0 Å². The van der Waals surface area contributed by atoms with E-state index in [4.69, 9.17) is 0 Å². The smallest absolute Gasteiger partial charge is 0.363 e. The number of aliphatic hydroxyl groups is 1. The van der Waals surface area contributed by atoms with Crippen LogP contribution in [0.1, 0.15) is 58.8 Å². The number of aliphatic hydroxyl groups excluding tert-OH is 1. The standard InChI is InChI=1S/C25H34F2O3S/c1-17-7-10-21(28)16-20(17)9-8-19-6-5-14-24(3)22(11-12-23(19)24)18(2)13-15-25(26,27)31(4,29)30/h8-9,11,13,15,18,21,23,28H,1,5-7,10,12,14,16H2,2-4H3/b15-13+,19-8+,20-9-/t18-,21+,23+,24-/m1/s1. The summed E-state index contributed by atoms with van der Waals surface area (Å²) in [5.41, 5.74) is 4.57. The lowest BCUT2D eigenvalue weighted by Crippen LogP contribution is -2.32. The molecule has 0 bridgehead atoms. The summed E-state index contributed by atoms with van der Waals surface area (Å²) >= 11 is 0. The van der Waals surface area contributed by atoms with Crippen LogP contribution in [-0.2, 0) is 9.84 Å². The molecule has 0 aromatic rings. The highest BCUT2D eigenvalue weighted by Gasteiger charge is 2.46. The Morgan fingerprint density at radius 1 is 1.32 bits per heavy atom. The zero-order valence-electron chi connectivity index (χ0n) is 18.7. The normalized spacial score (nSPS) is 33.7. The van der Waals surface area contributed by atoms with Crippen LogP contribution >= 0.6 is 0 Å². The monoisotopic (exact) mass is 452 g/mol. The average molecular weight is 453 g/mol. The maximum Gasteiger partial charge on any atom is 0.363 e. The zero-order valence-corrected chi connectivity index (χ0v) is 19.5. The molecule has 6 heteroatoms. The number of hydrogen-bond donors (Lipinski definition) is 1. The molecule has 2 saturated carbocycles. The molecule has 3 aliphatic carbocycles. The van der Waals surface area contributed by atoms with Gasteiger partial charge in [-0.05, 0) is 73.8 Å². The largest absolute Gasteiger partial charge is 0.393 e. The molecule has 0 aromatic heterocycles. The molecule has 0 aromatic carbocycles. The molecule has 0 spiro atoms. The Morgan fingerprint density at radius 3 is 2.71 bits per heavy atom. The van der Waals surface area contributed by atoms with Crippen LogP contribution in [-0.4, -0.2) is 31.1 Å². The lowest BCUT2D eigenvalue weighted by atomic mass is 9.62. The van der Waals surface area contributed by atoms with Crippen LogP contribution in [0.2, 0.25) is 0 Å². The molecule has 0 aliphatic heterocycles. The minimum absolute atomic E-state index is 0.115. The average Bonchev–Trinajstić information content (AvgIpc) is 3.03. The highest BCUT2D eigenvalue weighted by molar-refractivity contribution is 7.91. The van der Waals surface area contributed by atoms with E-state index in [1.54, 1.807) is 0 Å². The second kappa shape index (κ2) is 8.78. The van der Waals surface area contributed by atoms with Crippen molar-refractivity contribution in [3.8, 4) is 0 Å². The number of sulfone groups is 1. The van der Waals surface area contributed by atoms with Crippen LogP contribution in [0.4, 0.5) is 8.78 Å². The van der Waals surface area contributed by atoms with E-state index in [0.717, 1.165) is 55.2 Å². The topological polar surface area (TPSA) is 54.4 Å². The van der Waals surface area contributed by atoms with Crippen molar-refractivity contribution >= 4 is 9.84 Å². The van der Waals surface area contributed by atoms with Gasteiger partial charge in [-0.1, -0.05) is 61.4 Å². The Hall–Kier alpha value is -1.53. The van der Waals surface area contributed by atoms with Crippen LogP contribution in [0, 0.1) is 17.3 Å². The zero-order chi connectivity index (χ0) is 23.0. The van der Waals surface area contributed by atoms with Gasteiger partial charge in [-0.3, -0.25) is 0 Å². The van der Waals surface area contributed by atoms with Crippen molar-refractivity contribution in [3.05, 3.63) is 59.3 Å². The van der Waals surface area contributed by atoms with E-state index in [-0.39, 0.29) is 17.4 Å². The summed E-state index contributed by atoms with van der Waals surface area (Å²) in [5, 5.41) is 6.12. The molecule has 0 unspecified atom stereocenters. The number of alkyl halides is 2. The van der Waals surface area contributed by atoms with Crippen molar-refractivity contribution in [3.63, 3.8) is 0 Å². The first kappa shape index (κ1) is 24.1. The van der Waals surface area contributed by atoms with E-state index in [2.05, 4.69) is 31.7 Å². The third-order valence-corrected chi connectivity index (χ3v) is 8.49. The van der Waals surface area contributed by atoms with Crippen LogP contribution in [0.3, 0.4) is 0 Å². The summed E-state index contributed by atoms with van der Waals surface area (Å²) in [6.45, 7) is 8.21. The molecule has 172 valence electrons. The number of fused-ring (bicyclic) bond motifs is 1. The van der Waals surface area contributed by atoms with Gasteiger partial charge >= 0.3 is 5.25 Å². The molecule has 4 atom stereocenters. The van der Waals surface area contributed by atoms with E-state index in [1.807, 2.05) is 6.92 Å². The summed E-state index contributed by atoms with van der Waals surface area (Å²) < 4.78 is 50.4. The summed E-state index contributed by atoms with van der Waals surface area (Å²) in [6.07, 6.45) is 14.7. The van der Waals surface area contributed by atoms with Crippen molar-refractivity contribution < 1.29 is 22.3 Å². The van der Waals surface area contributed by atoms with E-state index < -0.39 is 15.1 Å². The van der Waals surface area contributed by atoms with Crippen molar-refractivity contribution in [2.24, 2.45) is 17.3 Å². The van der Waals surface area contributed by atoms with Gasteiger partial charge in [0.1, 0.15) is 0 Å². The van der Waals surface area contributed by atoms with Gasteiger partial charge in [0, 0.05) is 6.26 Å². The van der Waals surface area contributed by atoms with Crippen LogP contribution in [0.25, 0.3) is 0 Å². The lowest BCUT2D eigenvalue weighted by molar-refractivity contribution is 0.147. The first-order valence-electron chi connectivity index (χ1n) is 11.1. The molecule has 3 aliphatic rings. The summed E-state index contributed by atoms with van der Waals surface area (Å²) in [5.74, 6) is 0.0646. The van der Waals surface area contributed by atoms with E-state index >= 15 is 0 Å². The molecule has 3 nitrogen and oxygen atoms in total. The van der Waals surface area contributed by atoms with Crippen LogP contribution < -0.4 is 0 Å². The third-order valence-electron chi connectivity index (χ3n) is 7.36. The molecule has 0 saturated heterocycles. The Labute approximate surface area is 185 Å². The molecule has 1 N–H and O–H groups in total. The molecule has 31 heavy (non-hydrogen) atoms. The summed E-state index contributed by atoms with van der Waals surface area (Å²) in [4.78, 5) is 0. The van der Waals surface area contributed by atoms with Gasteiger partial charge in [0.2, 0.25) is 9.84 Å². The Bertz CT molecular complexity index is 955. The predicted octanol–water partition coefficient (Wildman–Crippen LogP) is 5.91. The third kappa shape index (κ3) is 4.95. The van der Waals surface area contributed by atoms with Gasteiger partial charge in [0.05, 0.1) is 6.10 Å². The van der Waals surface area contributed by atoms with Crippen LogP contribution in [0.15, 0.2) is 59.3 Å². The fourth-order valence-electron chi connectivity index (χ4n) is 5.44. The molecular weight excluding hydrogens is 418 g/mol. The highest BCUT2D eigenvalue weighted by Crippen LogP contribution is 2.56. The first-order chi connectivity index (χ1) is 14.3. The second-order valence-electron chi connectivity index (χ2n) is 9.63. The predicted molar refractivity (Wildman–Crippen MR) is 121 cm³/mol. The summed E-state index contributed by atoms with van der Waals surface area (Å²) in [7, 11) is -4.48. The van der Waals surface area contributed by atoms with E-state index in [9.17, 15) is 22.3 Å². The number of rotatable bonds is 5. The van der Waals surface area contributed by atoms with Gasteiger partial charge in [-0.2, -0.15) is 8.78 Å². The minimum atomic E-state index is -4.48. The number of hydrogen-bond acceptors (Lipinski definition) is 3. The summed E-state index contributed by atoms with van der Waals surface area (Å²) in [6, 6.07) is 0. The fraction of sp³-hybridized carbons (Fsp3) is 0.600. The lowest BCUT2D eigenvalue weighted by Gasteiger charge is -2.42. The molecule has 2 fully saturated rings. The Kier molecular flexibility index (Phi) is 6.83. The van der Waals surface area contributed by atoms with E-state index in [0.29, 0.717) is 24.7 Å². The first-order valence-corrected chi connectivity index (χ1v) is 13.0. The van der Waals surface area contributed by atoms with E-state index in [1.165, 1.54) is 11.6 Å². The van der Waals surface area contributed by atoms with Crippen molar-refractivity contribution in [1.82, 2.24) is 0 Å². The Morgan fingerprint density at radius 2 is 2.03 bits per heavy atom. The maximum atomic E-state index is 13.9. The SMILES string of the molecule is C=C1CC[C@H](O)C/C1=C/C=C1\CCC[C@]2(C)C([C@H](C)/C=C/C(F)(F)S(C)(=O)=O)=CC[C@@H]12. The van der Waals surface area contributed by atoms with Crippen molar-refractivity contribution in [1.29, 1.82) is 0 Å². The second-order valence-corrected chi connectivity index (χ2v) is 11.7. The van der Waals surface area contributed by atoms with Gasteiger partial charge < -0.3 is 5.11 Å². The van der Waals surface area contributed by atoms with Gasteiger partial charge in [0.15, 0.2) is 0 Å². The van der Waals surface area contributed by atoms with Gasteiger partial charge in [-0.15, -0.1) is 0 Å². The van der Waals surface area contributed by atoms with Gasteiger partial charge in [-0.25, -0.2) is 8.42 Å². The number of allylic oxidation sites excluding steroid dienone is 7. The molecule has 0 heterocycles. The minimum Gasteiger partial charge on any atom is -0.393 e.